The van der Waals surface area contributed by atoms with Crippen LogP contribution < -0.4 is 5.32 Å². The van der Waals surface area contributed by atoms with E-state index in [2.05, 4.69) is 16.6 Å². The fourth-order valence-electron chi connectivity index (χ4n) is 1.32. The van der Waals surface area contributed by atoms with Gasteiger partial charge in [-0.15, -0.1) is 6.58 Å². The molecule has 0 aliphatic heterocycles. The van der Waals surface area contributed by atoms with Gasteiger partial charge in [-0.25, -0.2) is 4.79 Å². The summed E-state index contributed by atoms with van der Waals surface area (Å²) in [5.41, 5.74) is 0.712. The first-order valence-electron chi connectivity index (χ1n) is 4.89. The summed E-state index contributed by atoms with van der Waals surface area (Å²) in [6.07, 6.45) is 0.0341. The zero-order valence-electron chi connectivity index (χ0n) is 9.09. The summed E-state index contributed by atoms with van der Waals surface area (Å²) in [5, 5.41) is 12.5. The molecule has 2 atom stereocenters. The van der Waals surface area contributed by atoms with E-state index in [4.69, 9.17) is 0 Å². The Hall–Kier alpha value is -1.81. The lowest BCUT2D eigenvalue weighted by molar-refractivity contribution is 0.129. The molecule has 0 aromatic heterocycles. The Morgan fingerprint density at radius 2 is 2.12 bits per heavy atom. The molecule has 2 N–H and O–H groups in total. The first kappa shape index (κ1) is 12.3. The fourth-order valence-corrected chi connectivity index (χ4v) is 1.32. The molecule has 0 heterocycles. The van der Waals surface area contributed by atoms with Gasteiger partial charge in [0.05, 0.1) is 13.2 Å². The number of aliphatic hydroxyl groups is 1. The van der Waals surface area contributed by atoms with E-state index in [1.54, 1.807) is 12.1 Å². The number of rotatable bonds is 4. The lowest BCUT2D eigenvalue weighted by atomic mass is 10.0. The molecule has 86 valence electrons. The molecule has 0 aliphatic carbocycles. The van der Waals surface area contributed by atoms with Crippen molar-refractivity contribution in [2.75, 3.05) is 7.11 Å². The van der Waals surface area contributed by atoms with E-state index in [1.807, 2.05) is 18.2 Å². The molecule has 0 aliphatic rings. The van der Waals surface area contributed by atoms with Gasteiger partial charge in [-0.1, -0.05) is 36.4 Å². The van der Waals surface area contributed by atoms with Crippen LogP contribution in [0.1, 0.15) is 11.7 Å². The van der Waals surface area contributed by atoms with Crippen LogP contribution in [0.15, 0.2) is 43.0 Å². The molecule has 0 saturated carbocycles. The van der Waals surface area contributed by atoms with Crippen molar-refractivity contribution in [2.45, 2.75) is 12.1 Å². The van der Waals surface area contributed by atoms with Crippen molar-refractivity contribution in [1.29, 1.82) is 0 Å². The summed E-state index contributed by atoms with van der Waals surface area (Å²) >= 11 is 0. The molecular formula is C12H15NO3. The Kier molecular flexibility index (Phi) is 4.54. The summed E-state index contributed by atoms with van der Waals surface area (Å²) in [6, 6.07) is 8.47. The number of benzene rings is 1. The zero-order valence-corrected chi connectivity index (χ0v) is 9.09. The summed E-state index contributed by atoms with van der Waals surface area (Å²) in [4.78, 5) is 11.0. The minimum absolute atomic E-state index is 0.574. The molecule has 0 fully saturated rings. The second kappa shape index (κ2) is 5.92. The van der Waals surface area contributed by atoms with Crippen LogP contribution in [0.2, 0.25) is 0 Å². The van der Waals surface area contributed by atoms with Crippen molar-refractivity contribution < 1.29 is 14.6 Å². The number of hydrogen-bond acceptors (Lipinski definition) is 3. The molecule has 4 heteroatoms. The number of methoxy groups -OCH3 is 1. The highest BCUT2D eigenvalue weighted by molar-refractivity contribution is 5.67. The lowest BCUT2D eigenvalue weighted by Gasteiger charge is -2.20. The predicted molar refractivity (Wildman–Crippen MR) is 60.9 cm³/mol. The number of ether oxygens (including phenoxy) is 1. The standard InChI is InChI=1S/C12H15NO3/c1-3-10(13-12(15)16-2)11(14)9-7-5-4-6-8-9/h3-8,10-11,14H,1H2,2H3,(H,13,15). The monoisotopic (exact) mass is 221 g/mol. The Labute approximate surface area is 94.6 Å². The Balaban J connectivity index is 2.73. The van der Waals surface area contributed by atoms with Crippen LogP contribution in [-0.4, -0.2) is 24.4 Å². The van der Waals surface area contributed by atoms with E-state index in [1.165, 1.54) is 13.2 Å². The summed E-state index contributed by atoms with van der Waals surface area (Å²) in [7, 11) is 1.27. The molecule has 1 amide bonds. The number of amides is 1. The number of hydrogen-bond donors (Lipinski definition) is 2. The minimum Gasteiger partial charge on any atom is -0.453 e. The van der Waals surface area contributed by atoms with Crippen LogP contribution in [0.5, 0.6) is 0 Å². The normalized spacial score (nSPS) is 13.6. The molecule has 16 heavy (non-hydrogen) atoms. The molecule has 1 aromatic carbocycles. The molecule has 4 nitrogen and oxygen atoms in total. The van der Waals surface area contributed by atoms with Crippen LogP contribution in [0.25, 0.3) is 0 Å². The van der Waals surface area contributed by atoms with E-state index < -0.39 is 18.2 Å². The van der Waals surface area contributed by atoms with Gasteiger partial charge in [0.25, 0.3) is 0 Å². The number of aliphatic hydroxyl groups excluding tert-OH is 1. The van der Waals surface area contributed by atoms with Gasteiger partial charge in [-0.3, -0.25) is 0 Å². The largest absolute Gasteiger partial charge is 0.453 e. The molecule has 1 rings (SSSR count). The van der Waals surface area contributed by atoms with Crippen molar-refractivity contribution >= 4 is 6.09 Å². The van der Waals surface area contributed by atoms with E-state index in [0.717, 1.165) is 0 Å². The van der Waals surface area contributed by atoms with Gasteiger partial charge in [0.1, 0.15) is 6.10 Å². The van der Waals surface area contributed by atoms with Gasteiger partial charge in [0.15, 0.2) is 0 Å². The van der Waals surface area contributed by atoms with Crippen LogP contribution in [0.4, 0.5) is 4.79 Å². The van der Waals surface area contributed by atoms with Crippen LogP contribution >= 0.6 is 0 Å². The third-order valence-electron chi connectivity index (χ3n) is 2.21. The van der Waals surface area contributed by atoms with Crippen molar-refractivity contribution in [2.24, 2.45) is 0 Å². The molecule has 2 unspecified atom stereocenters. The molecule has 0 bridgehead atoms. The summed E-state index contributed by atoms with van der Waals surface area (Å²) in [5.74, 6) is 0. The van der Waals surface area contributed by atoms with Gasteiger partial charge in [0, 0.05) is 0 Å². The molecular weight excluding hydrogens is 206 g/mol. The SMILES string of the molecule is C=CC(NC(=O)OC)C(O)c1ccccc1. The van der Waals surface area contributed by atoms with E-state index >= 15 is 0 Å². The molecule has 0 radical (unpaired) electrons. The first-order valence-corrected chi connectivity index (χ1v) is 4.89. The highest BCUT2D eigenvalue weighted by atomic mass is 16.5. The highest BCUT2D eigenvalue weighted by Gasteiger charge is 2.19. The highest BCUT2D eigenvalue weighted by Crippen LogP contribution is 2.16. The summed E-state index contributed by atoms with van der Waals surface area (Å²) < 4.78 is 4.46. The maximum absolute atomic E-state index is 11.0. The van der Waals surface area contributed by atoms with Gasteiger partial charge in [-0.05, 0) is 5.56 Å². The van der Waals surface area contributed by atoms with E-state index in [0.29, 0.717) is 5.56 Å². The summed E-state index contributed by atoms with van der Waals surface area (Å²) in [6.45, 7) is 3.56. The average Bonchev–Trinajstić information content (AvgIpc) is 2.35. The lowest BCUT2D eigenvalue weighted by Crippen LogP contribution is -2.37. The maximum atomic E-state index is 11.0. The third kappa shape index (κ3) is 3.10. The van der Waals surface area contributed by atoms with E-state index in [-0.39, 0.29) is 0 Å². The smallest absolute Gasteiger partial charge is 0.407 e. The van der Waals surface area contributed by atoms with Crippen LogP contribution in [0.3, 0.4) is 0 Å². The zero-order chi connectivity index (χ0) is 12.0. The second-order valence-electron chi connectivity index (χ2n) is 3.25. The number of alkyl carbamates (subject to hydrolysis) is 1. The predicted octanol–water partition coefficient (Wildman–Crippen LogP) is 1.63. The van der Waals surface area contributed by atoms with Crippen molar-refractivity contribution in [3.63, 3.8) is 0 Å². The van der Waals surface area contributed by atoms with Crippen LogP contribution in [-0.2, 0) is 4.74 Å². The van der Waals surface area contributed by atoms with E-state index in [9.17, 15) is 9.90 Å². The fraction of sp³-hybridized carbons (Fsp3) is 0.250. The van der Waals surface area contributed by atoms with Gasteiger partial charge in [-0.2, -0.15) is 0 Å². The Morgan fingerprint density at radius 1 is 1.50 bits per heavy atom. The van der Waals surface area contributed by atoms with Crippen molar-refractivity contribution in [3.8, 4) is 0 Å². The quantitative estimate of drug-likeness (QED) is 0.760. The Morgan fingerprint density at radius 3 is 2.62 bits per heavy atom. The minimum atomic E-state index is -0.835. The maximum Gasteiger partial charge on any atom is 0.407 e. The van der Waals surface area contributed by atoms with Gasteiger partial charge in [0.2, 0.25) is 0 Å². The Bertz CT molecular complexity index is 351. The molecule has 0 saturated heterocycles. The third-order valence-corrected chi connectivity index (χ3v) is 2.21. The number of nitrogens with one attached hydrogen (secondary N) is 1. The second-order valence-corrected chi connectivity index (χ2v) is 3.25. The first-order chi connectivity index (χ1) is 7.69. The van der Waals surface area contributed by atoms with Crippen molar-refractivity contribution in [1.82, 2.24) is 5.32 Å². The molecule has 0 spiro atoms. The van der Waals surface area contributed by atoms with Gasteiger partial charge < -0.3 is 15.2 Å². The van der Waals surface area contributed by atoms with Crippen molar-refractivity contribution in [3.05, 3.63) is 48.6 Å². The number of carbonyl (C=O) groups is 1. The van der Waals surface area contributed by atoms with Gasteiger partial charge >= 0.3 is 6.09 Å². The topological polar surface area (TPSA) is 58.6 Å². The number of carbonyl (C=O) groups excluding carboxylic acids is 1. The van der Waals surface area contributed by atoms with Crippen LogP contribution in [0, 0.1) is 0 Å². The molecule has 1 aromatic rings. The average molecular weight is 221 g/mol.